The molecule has 1 fully saturated rings. The van der Waals surface area contributed by atoms with Crippen molar-refractivity contribution < 1.29 is 4.74 Å². The van der Waals surface area contributed by atoms with Gasteiger partial charge in [-0.3, -0.25) is 0 Å². The summed E-state index contributed by atoms with van der Waals surface area (Å²) in [4.78, 5) is 0. The van der Waals surface area contributed by atoms with E-state index in [0.717, 1.165) is 6.61 Å². The Hall–Kier alpha value is -0.860. The summed E-state index contributed by atoms with van der Waals surface area (Å²) in [6, 6.07) is 9.31. The van der Waals surface area contributed by atoms with Gasteiger partial charge < -0.3 is 10.1 Å². The minimum atomic E-state index is 0.301. The lowest BCUT2D eigenvalue weighted by Gasteiger charge is -2.30. The summed E-state index contributed by atoms with van der Waals surface area (Å²) < 4.78 is 6.22. The Morgan fingerprint density at radius 3 is 2.52 bits per heavy atom. The molecule has 21 heavy (non-hydrogen) atoms. The zero-order chi connectivity index (χ0) is 15.1. The average molecular weight is 289 g/mol. The van der Waals surface area contributed by atoms with Crippen molar-refractivity contribution in [2.45, 2.75) is 64.5 Å². The molecule has 0 radical (unpaired) electrons. The third-order valence-electron chi connectivity index (χ3n) is 4.78. The van der Waals surface area contributed by atoms with Crippen LogP contribution in [0.2, 0.25) is 0 Å². The second kappa shape index (κ2) is 8.55. The lowest BCUT2D eigenvalue weighted by Crippen LogP contribution is -2.30. The van der Waals surface area contributed by atoms with E-state index in [-0.39, 0.29) is 0 Å². The zero-order valence-corrected chi connectivity index (χ0v) is 13.9. The molecule has 118 valence electrons. The Labute approximate surface area is 130 Å². The van der Waals surface area contributed by atoms with E-state index in [2.05, 4.69) is 43.4 Å². The minimum absolute atomic E-state index is 0.301. The van der Waals surface area contributed by atoms with Gasteiger partial charge in [-0.25, -0.2) is 0 Å². The maximum Gasteiger partial charge on any atom is 0.0665 e. The molecule has 3 unspecified atom stereocenters. The monoisotopic (exact) mass is 289 g/mol. The van der Waals surface area contributed by atoms with Crippen molar-refractivity contribution in [2.24, 2.45) is 5.92 Å². The summed E-state index contributed by atoms with van der Waals surface area (Å²) in [6.07, 6.45) is 8.07. The Bertz CT molecular complexity index is 401. The van der Waals surface area contributed by atoms with Crippen LogP contribution in [0.5, 0.6) is 0 Å². The van der Waals surface area contributed by atoms with E-state index in [9.17, 15) is 0 Å². The maximum absolute atomic E-state index is 6.22. The topological polar surface area (TPSA) is 21.3 Å². The summed E-state index contributed by atoms with van der Waals surface area (Å²) in [5, 5.41) is 3.40. The molecule has 1 aromatic rings. The highest BCUT2D eigenvalue weighted by Crippen LogP contribution is 2.27. The molecule has 1 N–H and O–H groups in total. The summed E-state index contributed by atoms with van der Waals surface area (Å²) in [5.41, 5.74) is 2.76. The van der Waals surface area contributed by atoms with Crippen LogP contribution >= 0.6 is 0 Å². The van der Waals surface area contributed by atoms with Crippen LogP contribution in [0.15, 0.2) is 24.3 Å². The molecule has 1 aliphatic rings. The largest absolute Gasteiger partial charge is 0.376 e. The maximum atomic E-state index is 6.22. The number of likely N-dealkylation sites (N-methyl/N-ethyl adjacent to an activating group) is 1. The molecule has 1 aliphatic carbocycles. The van der Waals surface area contributed by atoms with Crippen LogP contribution in [-0.2, 0) is 11.2 Å². The first-order valence-electron chi connectivity index (χ1n) is 8.62. The van der Waals surface area contributed by atoms with Gasteiger partial charge in [-0.05, 0) is 43.4 Å². The lowest BCUT2D eigenvalue weighted by atomic mass is 9.88. The van der Waals surface area contributed by atoms with Gasteiger partial charge in [-0.1, -0.05) is 57.4 Å². The van der Waals surface area contributed by atoms with Gasteiger partial charge in [-0.15, -0.1) is 0 Å². The van der Waals surface area contributed by atoms with E-state index in [1.54, 1.807) is 0 Å². The number of rotatable bonds is 7. The van der Waals surface area contributed by atoms with E-state index in [1.165, 1.54) is 49.7 Å². The van der Waals surface area contributed by atoms with Crippen LogP contribution in [0.4, 0.5) is 0 Å². The molecule has 0 amide bonds. The van der Waals surface area contributed by atoms with Crippen molar-refractivity contribution in [3.8, 4) is 0 Å². The molecule has 2 heteroatoms. The van der Waals surface area contributed by atoms with Gasteiger partial charge in [0.05, 0.1) is 18.8 Å². The van der Waals surface area contributed by atoms with Crippen LogP contribution in [0, 0.1) is 5.92 Å². The molecular formula is C19H31NO. The number of nitrogens with one attached hydrogen (secondary N) is 1. The van der Waals surface area contributed by atoms with E-state index < -0.39 is 0 Å². The van der Waals surface area contributed by atoms with Gasteiger partial charge in [0.1, 0.15) is 0 Å². The second-order valence-electron chi connectivity index (χ2n) is 6.47. The number of benzene rings is 1. The molecule has 0 bridgehead atoms. The highest BCUT2D eigenvalue weighted by molar-refractivity contribution is 5.25. The quantitative estimate of drug-likeness (QED) is 0.798. The number of hydrogen-bond donors (Lipinski definition) is 1. The van der Waals surface area contributed by atoms with Gasteiger partial charge in [0.25, 0.3) is 0 Å². The minimum Gasteiger partial charge on any atom is -0.376 e. The van der Waals surface area contributed by atoms with E-state index in [1.807, 2.05) is 7.05 Å². The highest BCUT2D eigenvalue weighted by atomic mass is 16.5. The van der Waals surface area contributed by atoms with Crippen LogP contribution in [0.25, 0.3) is 0 Å². The SMILES string of the molecule is CCCc1ccc(C(COC2CCCCC2C)NC)cc1. The molecule has 0 spiro atoms. The first-order chi connectivity index (χ1) is 10.2. The van der Waals surface area contributed by atoms with E-state index in [0.29, 0.717) is 18.1 Å². The van der Waals surface area contributed by atoms with E-state index >= 15 is 0 Å². The summed E-state index contributed by atoms with van der Waals surface area (Å²) in [7, 11) is 2.03. The van der Waals surface area contributed by atoms with Crippen molar-refractivity contribution in [2.75, 3.05) is 13.7 Å². The predicted molar refractivity (Wildman–Crippen MR) is 89.6 cm³/mol. The molecule has 0 aromatic heterocycles. The molecule has 1 aromatic carbocycles. The predicted octanol–water partition coefficient (Wildman–Crippen LogP) is 4.49. The van der Waals surface area contributed by atoms with Crippen molar-refractivity contribution in [3.63, 3.8) is 0 Å². The standard InChI is InChI=1S/C19H31NO/c1-4-7-16-10-12-17(13-11-16)18(20-3)14-21-19-9-6-5-8-15(19)2/h10-13,15,18-20H,4-9,14H2,1-3H3. The van der Waals surface area contributed by atoms with Gasteiger partial charge in [0.2, 0.25) is 0 Å². The van der Waals surface area contributed by atoms with Crippen LogP contribution in [-0.4, -0.2) is 19.8 Å². The van der Waals surface area contributed by atoms with Crippen LogP contribution in [0.3, 0.4) is 0 Å². The Balaban J connectivity index is 1.89. The fourth-order valence-electron chi connectivity index (χ4n) is 3.30. The molecule has 0 heterocycles. The molecule has 2 nitrogen and oxygen atoms in total. The lowest BCUT2D eigenvalue weighted by molar-refractivity contribution is -0.0145. The van der Waals surface area contributed by atoms with Gasteiger partial charge in [0, 0.05) is 0 Å². The van der Waals surface area contributed by atoms with Crippen molar-refractivity contribution in [1.29, 1.82) is 0 Å². The van der Waals surface area contributed by atoms with Crippen molar-refractivity contribution in [1.82, 2.24) is 5.32 Å². The van der Waals surface area contributed by atoms with Crippen LogP contribution < -0.4 is 5.32 Å². The Morgan fingerprint density at radius 2 is 1.90 bits per heavy atom. The third kappa shape index (κ3) is 4.82. The fraction of sp³-hybridized carbons (Fsp3) is 0.684. The Kier molecular flexibility index (Phi) is 6.72. The normalized spacial score (nSPS) is 24.0. The zero-order valence-electron chi connectivity index (χ0n) is 13.9. The van der Waals surface area contributed by atoms with Crippen molar-refractivity contribution >= 4 is 0 Å². The number of aryl methyl sites for hydroxylation is 1. The van der Waals surface area contributed by atoms with Crippen LogP contribution in [0.1, 0.15) is 63.1 Å². The third-order valence-corrected chi connectivity index (χ3v) is 4.78. The highest BCUT2D eigenvalue weighted by Gasteiger charge is 2.23. The van der Waals surface area contributed by atoms with Gasteiger partial charge in [-0.2, -0.15) is 0 Å². The smallest absolute Gasteiger partial charge is 0.0665 e. The van der Waals surface area contributed by atoms with Gasteiger partial charge in [0.15, 0.2) is 0 Å². The second-order valence-corrected chi connectivity index (χ2v) is 6.47. The van der Waals surface area contributed by atoms with Gasteiger partial charge >= 0.3 is 0 Å². The Morgan fingerprint density at radius 1 is 1.19 bits per heavy atom. The molecular weight excluding hydrogens is 258 g/mol. The molecule has 1 saturated carbocycles. The first kappa shape index (κ1) is 16.5. The molecule has 0 aliphatic heterocycles. The number of hydrogen-bond acceptors (Lipinski definition) is 2. The van der Waals surface area contributed by atoms with Crippen molar-refractivity contribution in [3.05, 3.63) is 35.4 Å². The number of ether oxygens (including phenoxy) is 1. The summed E-state index contributed by atoms with van der Waals surface area (Å²) in [6.45, 7) is 5.33. The summed E-state index contributed by atoms with van der Waals surface area (Å²) >= 11 is 0. The molecule has 2 rings (SSSR count). The fourth-order valence-corrected chi connectivity index (χ4v) is 3.30. The summed E-state index contributed by atoms with van der Waals surface area (Å²) in [5.74, 6) is 0.711. The molecule has 3 atom stereocenters. The van der Waals surface area contributed by atoms with E-state index in [4.69, 9.17) is 4.74 Å². The first-order valence-corrected chi connectivity index (χ1v) is 8.62. The molecule has 0 saturated heterocycles. The average Bonchev–Trinajstić information content (AvgIpc) is 2.51.